The van der Waals surface area contributed by atoms with Gasteiger partial charge >= 0.3 is 12.0 Å². The summed E-state index contributed by atoms with van der Waals surface area (Å²) in [6.45, 7) is 0.934. The number of hydrogen-bond acceptors (Lipinski definition) is 4. The molecule has 1 fully saturated rings. The molecule has 0 bridgehead atoms. The highest BCUT2D eigenvalue weighted by Crippen LogP contribution is 2.35. The quantitative estimate of drug-likeness (QED) is 0.845. The molecule has 1 aliphatic rings. The normalized spacial score (nSPS) is 15.5. The average Bonchev–Trinajstić information content (AvgIpc) is 2.74. The predicted octanol–water partition coefficient (Wildman–Crippen LogP) is 3.56. The van der Waals surface area contributed by atoms with E-state index in [1.165, 1.54) is 7.11 Å². The molecule has 0 saturated carbocycles. The summed E-state index contributed by atoms with van der Waals surface area (Å²) in [7, 11) is 1.30. The molecule has 27 heavy (non-hydrogen) atoms. The van der Waals surface area contributed by atoms with Crippen molar-refractivity contribution in [2.75, 3.05) is 25.5 Å². The molecule has 6 heteroatoms. The standard InChI is InChI=1S/C21H21N3O3/c1-27-19(25)17-9-5-6-10-18(17)23-20(26)24-13-11-21(15-22,12-14-24)16-7-3-2-4-8-16/h2-10H,11-14H2,1H3,(H,23,26). The van der Waals surface area contributed by atoms with Gasteiger partial charge in [-0.1, -0.05) is 42.5 Å². The number of ether oxygens (including phenoxy) is 1. The van der Waals surface area contributed by atoms with E-state index in [0.717, 1.165) is 5.56 Å². The van der Waals surface area contributed by atoms with E-state index in [2.05, 4.69) is 11.4 Å². The fraction of sp³-hybridized carbons (Fsp3) is 0.286. The van der Waals surface area contributed by atoms with E-state index in [1.807, 2.05) is 30.3 Å². The number of nitriles is 1. The number of carbonyl (C=O) groups is 2. The van der Waals surface area contributed by atoms with Gasteiger partial charge < -0.3 is 15.0 Å². The third-order valence-electron chi connectivity index (χ3n) is 5.02. The Morgan fingerprint density at radius 1 is 1.07 bits per heavy atom. The zero-order valence-corrected chi connectivity index (χ0v) is 15.1. The lowest BCUT2D eigenvalue weighted by Crippen LogP contribution is -2.46. The van der Waals surface area contributed by atoms with Crippen molar-refractivity contribution in [3.63, 3.8) is 0 Å². The zero-order valence-electron chi connectivity index (χ0n) is 15.1. The SMILES string of the molecule is COC(=O)c1ccccc1NC(=O)N1CCC(C#N)(c2ccccc2)CC1. The molecule has 1 saturated heterocycles. The van der Waals surface area contributed by atoms with Crippen LogP contribution in [0.5, 0.6) is 0 Å². The first kappa shape index (κ1) is 18.5. The Bertz CT molecular complexity index is 866. The molecule has 0 atom stereocenters. The van der Waals surface area contributed by atoms with Gasteiger partial charge in [0.2, 0.25) is 0 Å². The van der Waals surface area contributed by atoms with Gasteiger partial charge in [-0.15, -0.1) is 0 Å². The van der Waals surface area contributed by atoms with Gasteiger partial charge in [-0.2, -0.15) is 5.26 Å². The highest BCUT2D eigenvalue weighted by molar-refractivity contribution is 6.00. The number of hydrogen-bond donors (Lipinski definition) is 1. The van der Waals surface area contributed by atoms with Crippen LogP contribution < -0.4 is 5.32 Å². The van der Waals surface area contributed by atoms with Gasteiger partial charge in [0.1, 0.15) is 0 Å². The summed E-state index contributed by atoms with van der Waals surface area (Å²) in [6.07, 6.45) is 1.14. The largest absolute Gasteiger partial charge is 0.465 e. The topological polar surface area (TPSA) is 82.4 Å². The summed E-state index contributed by atoms with van der Waals surface area (Å²) in [5.41, 5.74) is 1.14. The van der Waals surface area contributed by atoms with Gasteiger partial charge in [-0.25, -0.2) is 9.59 Å². The van der Waals surface area contributed by atoms with Crippen LogP contribution in [0.4, 0.5) is 10.5 Å². The van der Waals surface area contributed by atoms with Gasteiger partial charge in [0.05, 0.1) is 29.8 Å². The molecule has 1 heterocycles. The van der Waals surface area contributed by atoms with Gasteiger partial charge in [-0.05, 0) is 30.5 Å². The van der Waals surface area contributed by atoms with Crippen LogP contribution in [-0.2, 0) is 10.2 Å². The highest BCUT2D eigenvalue weighted by atomic mass is 16.5. The third kappa shape index (κ3) is 3.77. The Balaban J connectivity index is 1.69. The molecule has 0 aromatic heterocycles. The number of nitrogens with one attached hydrogen (secondary N) is 1. The zero-order chi connectivity index (χ0) is 19.3. The fourth-order valence-electron chi connectivity index (χ4n) is 3.39. The molecule has 0 aliphatic carbocycles. The van der Waals surface area contributed by atoms with E-state index in [-0.39, 0.29) is 6.03 Å². The van der Waals surface area contributed by atoms with E-state index in [1.54, 1.807) is 29.2 Å². The van der Waals surface area contributed by atoms with E-state index < -0.39 is 11.4 Å². The van der Waals surface area contributed by atoms with E-state index in [0.29, 0.717) is 37.2 Å². The number of urea groups is 1. The number of benzene rings is 2. The molecule has 0 spiro atoms. The molecule has 2 amide bonds. The number of anilines is 1. The second-order valence-corrected chi connectivity index (χ2v) is 6.51. The monoisotopic (exact) mass is 363 g/mol. The van der Waals surface area contributed by atoms with Gasteiger partial charge in [0, 0.05) is 13.1 Å². The Kier molecular flexibility index (Phi) is 5.41. The maximum absolute atomic E-state index is 12.6. The van der Waals surface area contributed by atoms with Crippen molar-refractivity contribution >= 4 is 17.7 Å². The van der Waals surface area contributed by atoms with Crippen LogP contribution in [-0.4, -0.2) is 37.1 Å². The highest BCUT2D eigenvalue weighted by Gasteiger charge is 2.37. The summed E-state index contributed by atoms with van der Waals surface area (Å²) in [4.78, 5) is 26.2. The smallest absolute Gasteiger partial charge is 0.339 e. The second kappa shape index (κ2) is 7.92. The number of amides is 2. The van der Waals surface area contributed by atoms with E-state index >= 15 is 0 Å². The van der Waals surface area contributed by atoms with Crippen molar-refractivity contribution in [1.82, 2.24) is 4.90 Å². The van der Waals surface area contributed by atoms with Gasteiger partial charge in [0.25, 0.3) is 0 Å². The maximum Gasteiger partial charge on any atom is 0.339 e. The van der Waals surface area contributed by atoms with Crippen LogP contribution >= 0.6 is 0 Å². The van der Waals surface area contributed by atoms with Crippen molar-refractivity contribution in [3.05, 3.63) is 65.7 Å². The number of esters is 1. The lowest BCUT2D eigenvalue weighted by atomic mass is 9.74. The minimum atomic E-state index is -0.567. The van der Waals surface area contributed by atoms with Crippen LogP contribution in [0.15, 0.2) is 54.6 Å². The number of methoxy groups -OCH3 is 1. The van der Waals surface area contributed by atoms with Crippen molar-refractivity contribution in [2.24, 2.45) is 0 Å². The first-order valence-electron chi connectivity index (χ1n) is 8.80. The minimum Gasteiger partial charge on any atom is -0.465 e. The van der Waals surface area contributed by atoms with Gasteiger partial charge in [0.15, 0.2) is 0 Å². The molecule has 138 valence electrons. The molecule has 1 aliphatic heterocycles. The lowest BCUT2D eigenvalue weighted by molar-refractivity contribution is 0.0602. The Hall–Kier alpha value is -3.33. The number of carbonyl (C=O) groups excluding carboxylic acids is 2. The van der Waals surface area contributed by atoms with Crippen LogP contribution in [0.2, 0.25) is 0 Å². The third-order valence-corrected chi connectivity index (χ3v) is 5.02. The van der Waals surface area contributed by atoms with Crippen molar-refractivity contribution in [2.45, 2.75) is 18.3 Å². The van der Waals surface area contributed by atoms with Crippen LogP contribution in [0, 0.1) is 11.3 Å². The number of likely N-dealkylation sites (tertiary alicyclic amines) is 1. The number of nitrogens with zero attached hydrogens (tertiary/aromatic N) is 2. The molecule has 2 aromatic rings. The predicted molar refractivity (Wildman–Crippen MR) is 101 cm³/mol. The Morgan fingerprint density at radius 2 is 1.70 bits per heavy atom. The molecule has 6 nitrogen and oxygen atoms in total. The number of para-hydroxylation sites is 1. The first-order chi connectivity index (χ1) is 13.1. The molecule has 0 radical (unpaired) electrons. The first-order valence-corrected chi connectivity index (χ1v) is 8.80. The summed E-state index contributed by atoms with van der Waals surface area (Å²) < 4.78 is 4.75. The van der Waals surface area contributed by atoms with Crippen LogP contribution in [0.1, 0.15) is 28.8 Å². The van der Waals surface area contributed by atoms with Crippen molar-refractivity contribution < 1.29 is 14.3 Å². The maximum atomic E-state index is 12.6. The molecule has 2 aromatic carbocycles. The molecule has 3 rings (SSSR count). The van der Waals surface area contributed by atoms with Crippen LogP contribution in [0.3, 0.4) is 0 Å². The van der Waals surface area contributed by atoms with Gasteiger partial charge in [-0.3, -0.25) is 0 Å². The Labute approximate surface area is 158 Å². The van der Waals surface area contributed by atoms with E-state index in [9.17, 15) is 14.9 Å². The number of piperidine rings is 1. The molecule has 0 unspecified atom stereocenters. The van der Waals surface area contributed by atoms with E-state index in [4.69, 9.17) is 4.74 Å². The Morgan fingerprint density at radius 3 is 2.33 bits per heavy atom. The summed E-state index contributed by atoms with van der Waals surface area (Å²) in [5.74, 6) is -0.503. The molecular formula is C21H21N3O3. The van der Waals surface area contributed by atoms with Crippen molar-refractivity contribution in [3.8, 4) is 6.07 Å². The summed E-state index contributed by atoms with van der Waals surface area (Å²) >= 11 is 0. The molecule has 1 N–H and O–H groups in total. The number of rotatable bonds is 3. The fourth-order valence-corrected chi connectivity index (χ4v) is 3.39. The lowest BCUT2D eigenvalue weighted by Gasteiger charge is -2.37. The van der Waals surface area contributed by atoms with Crippen molar-refractivity contribution in [1.29, 1.82) is 5.26 Å². The second-order valence-electron chi connectivity index (χ2n) is 6.51. The average molecular weight is 363 g/mol. The summed E-state index contributed by atoms with van der Waals surface area (Å²) in [5, 5.41) is 12.5. The van der Waals surface area contributed by atoms with Crippen LogP contribution in [0.25, 0.3) is 0 Å². The summed E-state index contributed by atoms with van der Waals surface area (Å²) in [6, 6.07) is 18.6. The minimum absolute atomic E-state index is 0.286. The molecular weight excluding hydrogens is 342 g/mol.